The fraction of sp³-hybridized carbons (Fsp3) is 0.471. The van der Waals surface area contributed by atoms with Crippen LogP contribution in [0.3, 0.4) is 0 Å². The first-order valence-electron chi connectivity index (χ1n) is 7.48. The number of nitrogens with one attached hydrogen (secondary N) is 1. The molecule has 1 heterocycles. The third-order valence-corrected chi connectivity index (χ3v) is 3.53. The van der Waals surface area contributed by atoms with Gasteiger partial charge in [-0.15, -0.1) is 0 Å². The van der Waals surface area contributed by atoms with E-state index >= 15 is 0 Å². The minimum Gasteiger partial charge on any atom is -0.489 e. The van der Waals surface area contributed by atoms with Crippen molar-refractivity contribution in [2.75, 3.05) is 39.3 Å². The molecule has 1 aromatic rings. The van der Waals surface area contributed by atoms with Gasteiger partial charge in [0.1, 0.15) is 12.4 Å². The molecule has 1 aromatic carbocycles. The predicted molar refractivity (Wildman–Crippen MR) is 85.0 cm³/mol. The summed E-state index contributed by atoms with van der Waals surface area (Å²) in [6, 6.07) is 7.38. The zero-order chi connectivity index (χ0) is 15.1. The van der Waals surface area contributed by atoms with E-state index in [1.165, 1.54) is 0 Å². The Morgan fingerprint density at radius 2 is 1.95 bits per heavy atom. The first kappa shape index (κ1) is 15.7. The number of ketones is 1. The minimum atomic E-state index is 0.194. The Morgan fingerprint density at radius 3 is 2.57 bits per heavy atom. The van der Waals surface area contributed by atoms with E-state index in [0.717, 1.165) is 49.6 Å². The lowest BCUT2D eigenvalue weighted by Crippen LogP contribution is -2.44. The third-order valence-electron chi connectivity index (χ3n) is 3.53. The third kappa shape index (κ3) is 5.33. The van der Waals surface area contributed by atoms with Gasteiger partial charge in [0.15, 0.2) is 5.78 Å². The Labute approximate surface area is 126 Å². The molecule has 0 bridgehead atoms. The van der Waals surface area contributed by atoms with Crippen LogP contribution in [0.25, 0.3) is 0 Å². The van der Waals surface area contributed by atoms with Crippen molar-refractivity contribution in [3.8, 4) is 5.75 Å². The zero-order valence-electron chi connectivity index (χ0n) is 12.7. The minimum absolute atomic E-state index is 0.194. The Kier molecular flexibility index (Phi) is 5.96. The number of carbonyl (C=O) groups is 1. The Morgan fingerprint density at radius 1 is 1.29 bits per heavy atom. The van der Waals surface area contributed by atoms with Gasteiger partial charge >= 0.3 is 0 Å². The number of hydrogen-bond donors (Lipinski definition) is 1. The van der Waals surface area contributed by atoms with Crippen LogP contribution >= 0.6 is 0 Å². The molecule has 0 unspecified atom stereocenters. The Bertz CT molecular complexity index is 476. The van der Waals surface area contributed by atoms with E-state index in [2.05, 4.69) is 16.8 Å². The normalized spacial score (nSPS) is 15.7. The van der Waals surface area contributed by atoms with Crippen molar-refractivity contribution in [2.24, 2.45) is 0 Å². The standard InChI is InChI=1S/C17H24N2O2/c1-14(2)13-21-16-5-3-15(4-6-16)17(20)7-10-19-11-8-18-9-12-19/h3-6,18H,1,7-13H2,2H3. The van der Waals surface area contributed by atoms with Gasteiger partial charge in [-0.25, -0.2) is 0 Å². The zero-order valence-corrected chi connectivity index (χ0v) is 12.7. The summed E-state index contributed by atoms with van der Waals surface area (Å²) in [5.74, 6) is 0.969. The number of rotatable bonds is 7. The number of ether oxygens (including phenoxy) is 1. The number of nitrogens with zero attached hydrogens (tertiary/aromatic N) is 1. The molecule has 4 nitrogen and oxygen atoms in total. The quantitative estimate of drug-likeness (QED) is 0.616. The van der Waals surface area contributed by atoms with Crippen molar-refractivity contribution in [3.63, 3.8) is 0 Å². The van der Waals surface area contributed by atoms with Gasteiger partial charge in [-0.3, -0.25) is 4.79 Å². The molecule has 4 heteroatoms. The van der Waals surface area contributed by atoms with Crippen molar-refractivity contribution >= 4 is 5.78 Å². The smallest absolute Gasteiger partial charge is 0.164 e. The molecule has 0 aliphatic carbocycles. The average Bonchev–Trinajstić information content (AvgIpc) is 2.52. The number of piperazine rings is 1. The Hall–Kier alpha value is -1.65. The van der Waals surface area contributed by atoms with Crippen molar-refractivity contribution in [1.82, 2.24) is 10.2 Å². The van der Waals surface area contributed by atoms with Gasteiger partial charge < -0.3 is 15.0 Å². The van der Waals surface area contributed by atoms with Crippen LogP contribution in [0.4, 0.5) is 0 Å². The summed E-state index contributed by atoms with van der Waals surface area (Å²) in [7, 11) is 0. The van der Waals surface area contributed by atoms with E-state index in [-0.39, 0.29) is 5.78 Å². The summed E-state index contributed by atoms with van der Waals surface area (Å²) in [6.45, 7) is 11.2. The van der Waals surface area contributed by atoms with Gasteiger partial charge in [-0.05, 0) is 36.8 Å². The first-order chi connectivity index (χ1) is 10.1. The molecule has 1 aliphatic heterocycles. The van der Waals surface area contributed by atoms with Gasteiger partial charge in [-0.1, -0.05) is 6.58 Å². The molecular formula is C17H24N2O2. The van der Waals surface area contributed by atoms with E-state index in [1.54, 1.807) is 0 Å². The monoisotopic (exact) mass is 288 g/mol. The topological polar surface area (TPSA) is 41.6 Å². The molecule has 0 atom stereocenters. The van der Waals surface area contributed by atoms with E-state index in [9.17, 15) is 4.79 Å². The van der Waals surface area contributed by atoms with Crippen LogP contribution in [0.1, 0.15) is 23.7 Å². The van der Waals surface area contributed by atoms with Crippen molar-refractivity contribution in [3.05, 3.63) is 42.0 Å². The molecule has 0 spiro atoms. The second-order valence-corrected chi connectivity index (χ2v) is 5.53. The number of benzene rings is 1. The summed E-state index contributed by atoms with van der Waals surface area (Å²) in [5, 5.41) is 3.31. The lowest BCUT2D eigenvalue weighted by molar-refractivity contribution is 0.0960. The Balaban J connectivity index is 1.80. The molecule has 2 rings (SSSR count). The summed E-state index contributed by atoms with van der Waals surface area (Å²) in [5.41, 5.74) is 1.74. The molecule has 1 fully saturated rings. The van der Waals surface area contributed by atoms with Crippen LogP contribution in [-0.4, -0.2) is 50.0 Å². The largest absolute Gasteiger partial charge is 0.489 e. The molecule has 1 saturated heterocycles. The number of Topliss-reactive ketones (excluding diaryl/α,β-unsaturated/α-hetero) is 1. The van der Waals surface area contributed by atoms with Crippen molar-refractivity contribution in [2.45, 2.75) is 13.3 Å². The molecule has 0 amide bonds. The first-order valence-corrected chi connectivity index (χ1v) is 7.48. The average molecular weight is 288 g/mol. The van der Waals surface area contributed by atoms with Crippen molar-refractivity contribution in [1.29, 1.82) is 0 Å². The van der Waals surface area contributed by atoms with Crippen molar-refractivity contribution < 1.29 is 9.53 Å². The van der Waals surface area contributed by atoms with E-state index < -0.39 is 0 Å². The molecule has 1 aliphatic rings. The lowest BCUT2D eigenvalue weighted by atomic mass is 10.1. The van der Waals surface area contributed by atoms with Crippen LogP contribution in [0, 0.1) is 0 Å². The molecule has 0 saturated carbocycles. The molecule has 0 radical (unpaired) electrons. The van der Waals surface area contributed by atoms with E-state index in [4.69, 9.17) is 4.74 Å². The van der Waals surface area contributed by atoms with E-state index in [1.807, 2.05) is 31.2 Å². The van der Waals surface area contributed by atoms with E-state index in [0.29, 0.717) is 13.0 Å². The number of hydrogen-bond acceptors (Lipinski definition) is 4. The van der Waals surface area contributed by atoms with Crippen LogP contribution in [0.5, 0.6) is 5.75 Å². The van der Waals surface area contributed by atoms with Gasteiger partial charge in [0.05, 0.1) is 0 Å². The summed E-state index contributed by atoms with van der Waals surface area (Å²) < 4.78 is 5.53. The maximum absolute atomic E-state index is 12.2. The highest BCUT2D eigenvalue weighted by Crippen LogP contribution is 2.14. The van der Waals surface area contributed by atoms with Crippen LogP contribution < -0.4 is 10.1 Å². The fourth-order valence-electron chi connectivity index (χ4n) is 2.28. The van der Waals surface area contributed by atoms with Crippen LogP contribution in [0.2, 0.25) is 0 Å². The highest BCUT2D eigenvalue weighted by molar-refractivity contribution is 5.96. The molecule has 21 heavy (non-hydrogen) atoms. The number of carbonyl (C=O) groups excluding carboxylic acids is 1. The van der Waals surface area contributed by atoms with Crippen LogP contribution in [0.15, 0.2) is 36.4 Å². The van der Waals surface area contributed by atoms with Gasteiger partial charge in [0.25, 0.3) is 0 Å². The maximum atomic E-state index is 12.2. The molecule has 0 aromatic heterocycles. The predicted octanol–water partition coefficient (Wildman–Crippen LogP) is 2.12. The highest BCUT2D eigenvalue weighted by Gasteiger charge is 2.12. The highest BCUT2D eigenvalue weighted by atomic mass is 16.5. The van der Waals surface area contributed by atoms with Crippen LogP contribution in [-0.2, 0) is 0 Å². The maximum Gasteiger partial charge on any atom is 0.164 e. The summed E-state index contributed by atoms with van der Waals surface area (Å²) in [6.07, 6.45) is 0.575. The van der Waals surface area contributed by atoms with Gasteiger partial charge in [-0.2, -0.15) is 0 Å². The molecule has 114 valence electrons. The second kappa shape index (κ2) is 7.96. The molecular weight excluding hydrogens is 264 g/mol. The summed E-state index contributed by atoms with van der Waals surface area (Å²) >= 11 is 0. The SMILES string of the molecule is C=C(C)COc1ccc(C(=O)CCN2CCNCC2)cc1. The second-order valence-electron chi connectivity index (χ2n) is 5.53. The molecule has 1 N–H and O–H groups in total. The van der Waals surface area contributed by atoms with Gasteiger partial charge in [0.2, 0.25) is 0 Å². The fourth-order valence-corrected chi connectivity index (χ4v) is 2.28. The van der Waals surface area contributed by atoms with Gasteiger partial charge in [0, 0.05) is 44.7 Å². The summed E-state index contributed by atoms with van der Waals surface area (Å²) in [4.78, 5) is 14.5. The lowest BCUT2D eigenvalue weighted by Gasteiger charge is -2.26.